The highest BCUT2D eigenvalue weighted by Gasteiger charge is 2.32. The fourth-order valence-corrected chi connectivity index (χ4v) is 3.88. The molecular weight excluding hydrogens is 260 g/mol. The van der Waals surface area contributed by atoms with E-state index in [1.165, 1.54) is 12.2 Å². The summed E-state index contributed by atoms with van der Waals surface area (Å²) >= 11 is 1.94. The number of anilines is 1. The molecule has 2 rings (SSSR count). The first-order valence-corrected chi connectivity index (χ1v) is 7.65. The minimum atomic E-state index is -0.318. The van der Waals surface area contributed by atoms with Crippen LogP contribution in [0.15, 0.2) is 18.2 Å². The zero-order chi connectivity index (χ0) is 14.0. The van der Waals surface area contributed by atoms with E-state index in [0.29, 0.717) is 11.6 Å². The maximum Gasteiger partial charge on any atom is 0.274 e. The number of thioether (sulfide) groups is 1. The highest BCUT2D eigenvalue weighted by atomic mass is 32.2. The highest BCUT2D eigenvalue weighted by molar-refractivity contribution is 7.99. The van der Waals surface area contributed by atoms with Gasteiger partial charge in [-0.25, -0.2) is 0 Å². The van der Waals surface area contributed by atoms with Crippen molar-refractivity contribution in [3.8, 4) is 0 Å². The molecule has 1 fully saturated rings. The van der Waals surface area contributed by atoms with Crippen molar-refractivity contribution in [1.82, 2.24) is 0 Å². The predicted molar refractivity (Wildman–Crippen MR) is 81.0 cm³/mol. The lowest BCUT2D eigenvalue weighted by Gasteiger charge is -2.39. The van der Waals surface area contributed by atoms with Crippen LogP contribution in [0.5, 0.6) is 0 Å². The van der Waals surface area contributed by atoms with Gasteiger partial charge in [-0.15, -0.1) is 0 Å². The van der Waals surface area contributed by atoms with Crippen LogP contribution in [0.3, 0.4) is 0 Å². The van der Waals surface area contributed by atoms with Crippen LogP contribution in [-0.2, 0) is 0 Å². The van der Waals surface area contributed by atoms with E-state index in [1.54, 1.807) is 13.0 Å². The first-order valence-electron chi connectivity index (χ1n) is 6.49. The van der Waals surface area contributed by atoms with Crippen LogP contribution in [0, 0.1) is 22.5 Å². The van der Waals surface area contributed by atoms with Gasteiger partial charge >= 0.3 is 0 Å². The molecule has 1 aliphatic heterocycles. The average Bonchev–Trinajstić information content (AvgIpc) is 2.33. The predicted octanol–water partition coefficient (Wildman–Crippen LogP) is 3.85. The normalized spacial score (nSPS) is 21.9. The molecule has 5 heteroatoms. The summed E-state index contributed by atoms with van der Waals surface area (Å²) < 4.78 is 0. The lowest BCUT2D eigenvalue weighted by atomic mass is 9.82. The molecule has 0 bridgehead atoms. The van der Waals surface area contributed by atoms with Gasteiger partial charge in [0.05, 0.1) is 4.92 Å². The van der Waals surface area contributed by atoms with Crippen LogP contribution in [-0.4, -0.2) is 22.5 Å². The second kappa shape index (κ2) is 5.41. The van der Waals surface area contributed by atoms with Crippen molar-refractivity contribution in [3.05, 3.63) is 33.9 Å². The summed E-state index contributed by atoms with van der Waals surface area (Å²) in [6, 6.07) is 5.74. The summed E-state index contributed by atoms with van der Waals surface area (Å²) in [6.45, 7) is 6.28. The van der Waals surface area contributed by atoms with Crippen LogP contribution in [0.2, 0.25) is 0 Å². The molecule has 1 heterocycles. The largest absolute Gasteiger partial charge is 0.381 e. The number of aryl methyl sites for hydroxylation is 1. The fraction of sp³-hybridized carbons (Fsp3) is 0.571. The number of nitro benzene ring substituents is 1. The molecule has 4 nitrogen and oxygen atoms in total. The maximum atomic E-state index is 11.0. The quantitative estimate of drug-likeness (QED) is 0.675. The second-order valence-electron chi connectivity index (χ2n) is 5.77. The minimum absolute atomic E-state index is 0.186. The Morgan fingerprint density at radius 2 is 2.21 bits per heavy atom. The van der Waals surface area contributed by atoms with Crippen molar-refractivity contribution < 1.29 is 4.92 Å². The maximum absolute atomic E-state index is 11.0. The molecule has 1 N–H and O–H groups in total. The summed E-state index contributed by atoms with van der Waals surface area (Å²) in [4.78, 5) is 10.6. The average molecular weight is 280 g/mol. The van der Waals surface area contributed by atoms with Gasteiger partial charge in [-0.1, -0.05) is 19.9 Å². The molecule has 0 radical (unpaired) electrons. The van der Waals surface area contributed by atoms with Gasteiger partial charge in [0, 0.05) is 29.1 Å². The zero-order valence-corrected chi connectivity index (χ0v) is 12.4. The number of nitrogens with zero attached hydrogens (tertiary/aromatic N) is 1. The molecule has 0 saturated carbocycles. The van der Waals surface area contributed by atoms with Gasteiger partial charge < -0.3 is 5.32 Å². The van der Waals surface area contributed by atoms with Gasteiger partial charge in [-0.05, 0) is 30.6 Å². The molecule has 0 aliphatic carbocycles. The lowest BCUT2D eigenvalue weighted by molar-refractivity contribution is -0.385. The Morgan fingerprint density at radius 1 is 1.47 bits per heavy atom. The molecule has 1 aromatic rings. The Balaban J connectivity index is 2.19. The van der Waals surface area contributed by atoms with Crippen LogP contribution < -0.4 is 5.32 Å². The Labute approximate surface area is 118 Å². The summed E-state index contributed by atoms with van der Waals surface area (Å²) in [6.07, 6.45) is 1.17. The number of rotatable bonds is 3. The van der Waals surface area contributed by atoms with Gasteiger partial charge in [0.2, 0.25) is 0 Å². The monoisotopic (exact) mass is 280 g/mol. The number of hydrogen-bond acceptors (Lipinski definition) is 4. The standard InChI is InChI=1S/C14H20N2O2S/c1-10-4-5-11(8-12(10)16(17)18)15-13-9-19-7-6-14(13,2)3/h4-5,8,13,15H,6-7,9H2,1-3H3. The number of hydrogen-bond donors (Lipinski definition) is 1. The highest BCUT2D eigenvalue weighted by Crippen LogP contribution is 2.36. The van der Waals surface area contributed by atoms with Crippen molar-refractivity contribution in [2.45, 2.75) is 33.2 Å². The van der Waals surface area contributed by atoms with E-state index in [1.807, 2.05) is 23.9 Å². The Bertz CT molecular complexity index is 488. The fourth-order valence-electron chi connectivity index (χ4n) is 2.27. The van der Waals surface area contributed by atoms with E-state index in [9.17, 15) is 10.1 Å². The summed E-state index contributed by atoms with van der Waals surface area (Å²) in [5.41, 5.74) is 1.96. The Morgan fingerprint density at radius 3 is 2.84 bits per heavy atom. The number of benzene rings is 1. The van der Waals surface area contributed by atoms with E-state index in [4.69, 9.17) is 0 Å². The molecule has 1 saturated heterocycles. The lowest BCUT2D eigenvalue weighted by Crippen LogP contribution is -2.41. The van der Waals surface area contributed by atoms with Crippen molar-refractivity contribution in [1.29, 1.82) is 0 Å². The molecule has 1 atom stereocenters. The third-order valence-corrected chi connectivity index (χ3v) is 4.93. The van der Waals surface area contributed by atoms with Crippen molar-refractivity contribution in [2.24, 2.45) is 5.41 Å². The summed E-state index contributed by atoms with van der Waals surface area (Å²) in [5, 5.41) is 14.4. The van der Waals surface area contributed by atoms with E-state index in [2.05, 4.69) is 19.2 Å². The Kier molecular flexibility index (Phi) is 4.04. The van der Waals surface area contributed by atoms with Crippen molar-refractivity contribution >= 4 is 23.1 Å². The van der Waals surface area contributed by atoms with Crippen molar-refractivity contribution in [2.75, 3.05) is 16.8 Å². The van der Waals surface area contributed by atoms with Crippen LogP contribution >= 0.6 is 11.8 Å². The molecule has 1 unspecified atom stereocenters. The minimum Gasteiger partial charge on any atom is -0.381 e. The van der Waals surface area contributed by atoms with Gasteiger partial charge in [-0.2, -0.15) is 11.8 Å². The van der Waals surface area contributed by atoms with Gasteiger partial charge in [0.15, 0.2) is 0 Å². The first-order chi connectivity index (χ1) is 8.90. The Hall–Kier alpha value is -1.23. The SMILES string of the molecule is Cc1ccc(NC2CSCCC2(C)C)cc1[N+](=O)[O-]. The third kappa shape index (κ3) is 3.21. The third-order valence-electron chi connectivity index (χ3n) is 3.87. The summed E-state index contributed by atoms with van der Waals surface area (Å²) in [7, 11) is 0. The van der Waals surface area contributed by atoms with Crippen molar-refractivity contribution in [3.63, 3.8) is 0 Å². The first kappa shape index (κ1) is 14.2. The van der Waals surface area contributed by atoms with E-state index in [-0.39, 0.29) is 16.0 Å². The van der Waals surface area contributed by atoms with Crippen LogP contribution in [0.4, 0.5) is 11.4 Å². The van der Waals surface area contributed by atoms with E-state index in [0.717, 1.165) is 11.4 Å². The van der Waals surface area contributed by atoms with E-state index < -0.39 is 0 Å². The molecule has 104 valence electrons. The molecule has 0 aromatic heterocycles. The van der Waals surface area contributed by atoms with Crippen LogP contribution in [0.25, 0.3) is 0 Å². The topological polar surface area (TPSA) is 55.2 Å². The molecular formula is C14H20N2O2S. The summed E-state index contributed by atoms with van der Waals surface area (Å²) in [5.74, 6) is 2.24. The molecule has 1 aliphatic rings. The smallest absolute Gasteiger partial charge is 0.274 e. The molecule has 0 amide bonds. The van der Waals surface area contributed by atoms with Gasteiger partial charge in [0.25, 0.3) is 5.69 Å². The number of nitrogens with one attached hydrogen (secondary N) is 1. The van der Waals surface area contributed by atoms with E-state index >= 15 is 0 Å². The van der Waals surface area contributed by atoms with Gasteiger partial charge in [0.1, 0.15) is 0 Å². The van der Waals surface area contributed by atoms with Gasteiger partial charge in [-0.3, -0.25) is 10.1 Å². The second-order valence-corrected chi connectivity index (χ2v) is 6.92. The molecule has 19 heavy (non-hydrogen) atoms. The van der Waals surface area contributed by atoms with Crippen LogP contribution in [0.1, 0.15) is 25.8 Å². The number of nitro groups is 1. The molecule has 1 aromatic carbocycles. The molecule has 0 spiro atoms. The zero-order valence-electron chi connectivity index (χ0n) is 11.6.